The monoisotopic (exact) mass is 309 g/mol. The Hall–Kier alpha value is -2.62. The van der Waals surface area contributed by atoms with Crippen molar-refractivity contribution in [2.75, 3.05) is 7.11 Å². The molecule has 4 heteroatoms. The molecule has 0 aromatic heterocycles. The molecule has 118 valence electrons. The van der Waals surface area contributed by atoms with Crippen molar-refractivity contribution in [1.82, 2.24) is 5.32 Å². The predicted molar refractivity (Wildman–Crippen MR) is 87.1 cm³/mol. The highest BCUT2D eigenvalue weighted by atomic mass is 16.5. The third kappa shape index (κ3) is 3.42. The number of methoxy groups -OCH3 is 1. The van der Waals surface area contributed by atoms with Gasteiger partial charge in [0.15, 0.2) is 0 Å². The van der Waals surface area contributed by atoms with Crippen molar-refractivity contribution in [2.24, 2.45) is 0 Å². The Kier molecular flexibility index (Phi) is 4.42. The van der Waals surface area contributed by atoms with Crippen LogP contribution in [0.3, 0.4) is 0 Å². The highest BCUT2D eigenvalue weighted by molar-refractivity contribution is 5.89. The van der Waals surface area contributed by atoms with Crippen molar-refractivity contribution >= 4 is 11.9 Å². The fourth-order valence-corrected chi connectivity index (χ4v) is 3.02. The maximum absolute atomic E-state index is 12.3. The summed E-state index contributed by atoms with van der Waals surface area (Å²) in [6, 6.07) is 15.2. The zero-order valence-electron chi connectivity index (χ0n) is 13.0. The minimum absolute atomic E-state index is 0.00230. The molecule has 0 spiro atoms. The average molecular weight is 309 g/mol. The normalized spacial score (nSPS) is 15.8. The van der Waals surface area contributed by atoms with Crippen LogP contribution in [-0.4, -0.2) is 19.0 Å². The van der Waals surface area contributed by atoms with Crippen LogP contribution in [0.1, 0.15) is 39.5 Å². The SMILES string of the molecule is COC(=O)c1ccc2c(c1)[C@H](NC(=O)Cc1ccccc1)CC2. The van der Waals surface area contributed by atoms with E-state index in [9.17, 15) is 9.59 Å². The molecule has 1 amide bonds. The lowest BCUT2D eigenvalue weighted by molar-refractivity contribution is -0.121. The molecule has 1 N–H and O–H groups in total. The van der Waals surface area contributed by atoms with Crippen molar-refractivity contribution < 1.29 is 14.3 Å². The summed E-state index contributed by atoms with van der Waals surface area (Å²) in [6.45, 7) is 0. The Morgan fingerprint density at radius 1 is 1.17 bits per heavy atom. The van der Waals surface area contributed by atoms with Gasteiger partial charge in [-0.2, -0.15) is 0 Å². The molecule has 1 aliphatic carbocycles. The topological polar surface area (TPSA) is 55.4 Å². The van der Waals surface area contributed by atoms with Crippen LogP contribution < -0.4 is 5.32 Å². The van der Waals surface area contributed by atoms with Crippen LogP contribution in [0.2, 0.25) is 0 Å². The van der Waals surface area contributed by atoms with E-state index in [1.165, 1.54) is 12.7 Å². The lowest BCUT2D eigenvalue weighted by Gasteiger charge is -2.15. The molecular weight excluding hydrogens is 290 g/mol. The van der Waals surface area contributed by atoms with Crippen LogP contribution in [0.15, 0.2) is 48.5 Å². The molecule has 0 saturated heterocycles. The minimum Gasteiger partial charge on any atom is -0.465 e. The van der Waals surface area contributed by atoms with Crippen molar-refractivity contribution in [3.05, 3.63) is 70.8 Å². The smallest absolute Gasteiger partial charge is 0.337 e. The van der Waals surface area contributed by atoms with Crippen LogP contribution >= 0.6 is 0 Å². The number of hydrogen-bond donors (Lipinski definition) is 1. The summed E-state index contributed by atoms with van der Waals surface area (Å²) in [7, 11) is 1.37. The molecule has 4 nitrogen and oxygen atoms in total. The molecule has 0 heterocycles. The van der Waals surface area contributed by atoms with Crippen molar-refractivity contribution in [1.29, 1.82) is 0 Å². The molecule has 2 aromatic rings. The number of benzene rings is 2. The van der Waals surface area contributed by atoms with Crippen LogP contribution in [0, 0.1) is 0 Å². The third-order valence-corrected chi connectivity index (χ3v) is 4.19. The Balaban J connectivity index is 1.72. The van der Waals surface area contributed by atoms with E-state index in [1.807, 2.05) is 42.5 Å². The average Bonchev–Trinajstić information content (AvgIpc) is 2.97. The summed E-state index contributed by atoms with van der Waals surface area (Å²) in [4.78, 5) is 23.9. The Morgan fingerprint density at radius 3 is 2.70 bits per heavy atom. The lowest BCUT2D eigenvalue weighted by atomic mass is 10.0. The van der Waals surface area contributed by atoms with E-state index < -0.39 is 0 Å². The number of esters is 1. The second kappa shape index (κ2) is 6.65. The quantitative estimate of drug-likeness (QED) is 0.884. The first kappa shape index (κ1) is 15.3. The van der Waals surface area contributed by atoms with Gasteiger partial charge in [0.05, 0.1) is 25.1 Å². The summed E-state index contributed by atoms with van der Waals surface area (Å²) in [6.07, 6.45) is 2.14. The molecule has 2 aromatic carbocycles. The molecule has 1 aliphatic rings. The molecule has 0 unspecified atom stereocenters. The number of carbonyl (C=O) groups is 2. The molecule has 0 aliphatic heterocycles. The number of nitrogens with one attached hydrogen (secondary N) is 1. The van der Waals surface area contributed by atoms with Gasteiger partial charge in [-0.25, -0.2) is 4.79 Å². The van der Waals surface area contributed by atoms with E-state index in [-0.39, 0.29) is 17.9 Å². The van der Waals surface area contributed by atoms with Gasteiger partial charge in [0, 0.05) is 0 Å². The lowest BCUT2D eigenvalue weighted by Crippen LogP contribution is -2.28. The fraction of sp³-hybridized carbons (Fsp3) is 0.263. The van der Waals surface area contributed by atoms with Crippen molar-refractivity contribution in [3.8, 4) is 0 Å². The van der Waals surface area contributed by atoms with E-state index in [0.29, 0.717) is 12.0 Å². The zero-order chi connectivity index (χ0) is 16.2. The molecule has 0 bridgehead atoms. The number of fused-ring (bicyclic) bond motifs is 1. The number of aryl methyl sites for hydroxylation is 1. The van der Waals surface area contributed by atoms with Gasteiger partial charge in [0.25, 0.3) is 0 Å². The summed E-state index contributed by atoms with van der Waals surface area (Å²) >= 11 is 0. The maximum atomic E-state index is 12.3. The van der Waals surface area contributed by atoms with Crippen LogP contribution in [-0.2, 0) is 22.4 Å². The first-order valence-corrected chi connectivity index (χ1v) is 7.72. The molecule has 0 saturated carbocycles. The van der Waals surface area contributed by atoms with Crippen molar-refractivity contribution in [3.63, 3.8) is 0 Å². The second-order valence-electron chi connectivity index (χ2n) is 5.73. The van der Waals surface area contributed by atoms with E-state index in [1.54, 1.807) is 6.07 Å². The van der Waals surface area contributed by atoms with Gasteiger partial charge in [-0.3, -0.25) is 4.79 Å². The summed E-state index contributed by atoms with van der Waals surface area (Å²) in [5.74, 6) is -0.355. The minimum atomic E-state index is -0.353. The molecule has 1 atom stereocenters. The van der Waals surface area contributed by atoms with Crippen LogP contribution in [0.5, 0.6) is 0 Å². The summed E-state index contributed by atoms with van der Waals surface area (Å²) < 4.78 is 4.77. The summed E-state index contributed by atoms with van der Waals surface area (Å²) in [5.41, 5.74) is 3.72. The maximum Gasteiger partial charge on any atom is 0.337 e. The molecule has 3 rings (SSSR count). The van der Waals surface area contributed by atoms with Gasteiger partial charge < -0.3 is 10.1 Å². The predicted octanol–water partition coefficient (Wildman–Crippen LogP) is 2.82. The first-order valence-electron chi connectivity index (χ1n) is 7.72. The van der Waals surface area contributed by atoms with E-state index in [4.69, 9.17) is 4.74 Å². The van der Waals surface area contributed by atoms with Gasteiger partial charge >= 0.3 is 5.97 Å². The van der Waals surface area contributed by atoms with Gasteiger partial charge in [-0.1, -0.05) is 36.4 Å². The number of rotatable bonds is 4. The van der Waals surface area contributed by atoms with Gasteiger partial charge in [-0.15, -0.1) is 0 Å². The highest BCUT2D eigenvalue weighted by Crippen LogP contribution is 2.32. The van der Waals surface area contributed by atoms with E-state index in [2.05, 4.69) is 5.32 Å². The van der Waals surface area contributed by atoms with Gasteiger partial charge in [0.2, 0.25) is 5.91 Å². The number of ether oxygens (including phenoxy) is 1. The number of hydrogen-bond acceptors (Lipinski definition) is 3. The third-order valence-electron chi connectivity index (χ3n) is 4.19. The fourth-order valence-electron chi connectivity index (χ4n) is 3.02. The number of carbonyl (C=O) groups excluding carboxylic acids is 2. The Morgan fingerprint density at radius 2 is 1.96 bits per heavy atom. The Labute approximate surface area is 135 Å². The van der Waals surface area contributed by atoms with E-state index >= 15 is 0 Å². The summed E-state index contributed by atoms with van der Waals surface area (Å²) in [5, 5.41) is 3.08. The molecular formula is C19H19NO3. The van der Waals surface area contributed by atoms with Crippen LogP contribution in [0.4, 0.5) is 0 Å². The van der Waals surface area contributed by atoms with E-state index in [0.717, 1.165) is 24.0 Å². The standard InChI is InChI=1S/C19H19NO3/c1-23-19(22)15-8-7-14-9-10-17(16(14)12-15)20-18(21)11-13-5-3-2-4-6-13/h2-8,12,17H,9-11H2,1H3,(H,20,21)/t17-/m1/s1. The molecule has 23 heavy (non-hydrogen) atoms. The highest BCUT2D eigenvalue weighted by Gasteiger charge is 2.25. The molecule has 0 fully saturated rings. The molecule has 0 radical (unpaired) electrons. The van der Waals surface area contributed by atoms with Gasteiger partial charge in [0.1, 0.15) is 0 Å². The largest absolute Gasteiger partial charge is 0.465 e. The first-order chi connectivity index (χ1) is 11.2. The zero-order valence-corrected chi connectivity index (χ0v) is 13.0. The van der Waals surface area contributed by atoms with Crippen LogP contribution in [0.25, 0.3) is 0 Å². The van der Waals surface area contributed by atoms with Gasteiger partial charge in [-0.05, 0) is 41.7 Å². The second-order valence-corrected chi connectivity index (χ2v) is 5.73. The van der Waals surface area contributed by atoms with Crippen molar-refractivity contribution in [2.45, 2.75) is 25.3 Å². The Bertz CT molecular complexity index is 725. The number of amides is 1.